The maximum atomic E-state index is 12.7. The van der Waals surface area contributed by atoms with Gasteiger partial charge in [-0.1, -0.05) is 12.1 Å². The van der Waals surface area contributed by atoms with Gasteiger partial charge in [-0.15, -0.1) is 0 Å². The van der Waals surface area contributed by atoms with Crippen molar-refractivity contribution in [3.63, 3.8) is 0 Å². The molecule has 0 atom stereocenters. The fourth-order valence-corrected chi connectivity index (χ4v) is 1.69. The van der Waals surface area contributed by atoms with Gasteiger partial charge in [0.25, 0.3) is 0 Å². The molecule has 0 radical (unpaired) electrons. The van der Waals surface area contributed by atoms with Gasteiger partial charge in [0.2, 0.25) is 0 Å². The van der Waals surface area contributed by atoms with Crippen LogP contribution in [0.5, 0.6) is 5.75 Å². The highest BCUT2D eigenvalue weighted by Gasteiger charge is 2.08. The van der Waals surface area contributed by atoms with E-state index in [0.717, 1.165) is 5.56 Å². The lowest BCUT2D eigenvalue weighted by atomic mass is 10.1. The molecule has 2 aromatic rings. The second-order valence-corrected chi connectivity index (χ2v) is 4.20. The van der Waals surface area contributed by atoms with E-state index in [1.54, 1.807) is 19.1 Å². The van der Waals surface area contributed by atoms with Crippen LogP contribution >= 0.6 is 0 Å². The number of hydrogen-bond acceptors (Lipinski definition) is 2. The van der Waals surface area contributed by atoms with E-state index in [0.29, 0.717) is 11.3 Å². The van der Waals surface area contributed by atoms with Gasteiger partial charge in [0, 0.05) is 0 Å². The van der Waals surface area contributed by atoms with E-state index in [4.69, 9.17) is 9.84 Å². The molecule has 0 aliphatic carbocycles. The first-order valence-electron chi connectivity index (χ1n) is 5.77. The first-order chi connectivity index (χ1) is 9.06. The van der Waals surface area contributed by atoms with Gasteiger partial charge in [-0.3, -0.25) is 0 Å². The highest BCUT2D eigenvalue weighted by Crippen LogP contribution is 2.16. The van der Waals surface area contributed by atoms with Crippen LogP contribution in [0.4, 0.5) is 4.39 Å². The van der Waals surface area contributed by atoms with Crippen molar-refractivity contribution in [1.29, 1.82) is 0 Å². The van der Waals surface area contributed by atoms with E-state index >= 15 is 0 Å². The van der Waals surface area contributed by atoms with Crippen LogP contribution in [0.3, 0.4) is 0 Å². The van der Waals surface area contributed by atoms with Gasteiger partial charge in [-0.2, -0.15) is 0 Å². The summed E-state index contributed by atoms with van der Waals surface area (Å²) in [5.74, 6) is -0.740. The van der Waals surface area contributed by atoms with Crippen LogP contribution in [0.15, 0.2) is 42.5 Å². The van der Waals surface area contributed by atoms with Gasteiger partial charge in [-0.25, -0.2) is 9.18 Å². The zero-order valence-electron chi connectivity index (χ0n) is 10.4. The standard InChI is InChI=1S/C15H13FO3/c1-10-2-3-11(8-14(10)15(17)18)9-19-13-6-4-12(16)5-7-13/h2-8H,9H2,1H3,(H,17,18). The molecule has 0 heterocycles. The molecule has 0 aliphatic rings. The minimum atomic E-state index is -0.957. The van der Waals surface area contributed by atoms with Crippen molar-refractivity contribution >= 4 is 5.97 Å². The van der Waals surface area contributed by atoms with Crippen molar-refractivity contribution in [1.82, 2.24) is 0 Å². The Labute approximate surface area is 110 Å². The quantitative estimate of drug-likeness (QED) is 0.916. The number of halogens is 1. The molecular formula is C15H13FO3. The topological polar surface area (TPSA) is 46.5 Å². The molecule has 0 bridgehead atoms. The van der Waals surface area contributed by atoms with Crippen molar-refractivity contribution < 1.29 is 19.0 Å². The van der Waals surface area contributed by atoms with Crippen molar-refractivity contribution in [3.8, 4) is 5.75 Å². The normalized spacial score (nSPS) is 10.2. The molecule has 0 fully saturated rings. The lowest BCUT2D eigenvalue weighted by Crippen LogP contribution is -2.03. The average molecular weight is 260 g/mol. The number of ether oxygens (including phenoxy) is 1. The molecule has 19 heavy (non-hydrogen) atoms. The van der Waals surface area contributed by atoms with E-state index in [1.165, 1.54) is 24.3 Å². The number of benzene rings is 2. The Morgan fingerprint density at radius 2 is 1.89 bits per heavy atom. The van der Waals surface area contributed by atoms with Crippen molar-refractivity contribution in [2.24, 2.45) is 0 Å². The number of carboxylic acid groups (broad SMARTS) is 1. The van der Waals surface area contributed by atoms with Crippen molar-refractivity contribution in [3.05, 3.63) is 65.0 Å². The molecular weight excluding hydrogens is 247 g/mol. The fourth-order valence-electron chi connectivity index (χ4n) is 1.69. The molecule has 3 nitrogen and oxygen atoms in total. The number of aromatic carboxylic acids is 1. The molecule has 0 spiro atoms. The molecule has 2 rings (SSSR count). The summed E-state index contributed by atoms with van der Waals surface area (Å²) in [7, 11) is 0. The lowest BCUT2D eigenvalue weighted by Gasteiger charge is -2.08. The van der Waals surface area contributed by atoms with E-state index in [2.05, 4.69) is 0 Å². The number of aryl methyl sites for hydroxylation is 1. The number of carboxylic acids is 1. The number of rotatable bonds is 4. The summed E-state index contributed by atoms with van der Waals surface area (Å²) in [6.07, 6.45) is 0. The van der Waals surface area contributed by atoms with Gasteiger partial charge in [-0.05, 0) is 48.4 Å². The summed E-state index contributed by atoms with van der Waals surface area (Å²) in [6.45, 7) is 1.99. The van der Waals surface area contributed by atoms with Crippen LogP contribution in [-0.2, 0) is 6.61 Å². The molecule has 0 aliphatic heterocycles. The number of hydrogen-bond donors (Lipinski definition) is 1. The largest absolute Gasteiger partial charge is 0.489 e. The van der Waals surface area contributed by atoms with Crippen LogP contribution in [-0.4, -0.2) is 11.1 Å². The van der Waals surface area contributed by atoms with Gasteiger partial charge < -0.3 is 9.84 Å². The zero-order chi connectivity index (χ0) is 13.8. The molecule has 2 aromatic carbocycles. The smallest absolute Gasteiger partial charge is 0.335 e. The van der Waals surface area contributed by atoms with Crippen molar-refractivity contribution in [2.45, 2.75) is 13.5 Å². The Kier molecular flexibility index (Phi) is 3.80. The Bertz CT molecular complexity index is 591. The summed E-state index contributed by atoms with van der Waals surface area (Å²) >= 11 is 0. The first-order valence-corrected chi connectivity index (χ1v) is 5.77. The predicted molar refractivity (Wildman–Crippen MR) is 68.9 cm³/mol. The summed E-state index contributed by atoms with van der Waals surface area (Å²) in [5.41, 5.74) is 1.73. The molecule has 1 N–H and O–H groups in total. The van der Waals surface area contributed by atoms with Crippen LogP contribution in [0, 0.1) is 12.7 Å². The molecule has 0 saturated carbocycles. The molecule has 0 aromatic heterocycles. The van der Waals surface area contributed by atoms with E-state index in [-0.39, 0.29) is 18.0 Å². The van der Waals surface area contributed by atoms with E-state index < -0.39 is 5.97 Å². The van der Waals surface area contributed by atoms with Crippen LogP contribution in [0.1, 0.15) is 21.5 Å². The van der Waals surface area contributed by atoms with E-state index in [9.17, 15) is 9.18 Å². The monoisotopic (exact) mass is 260 g/mol. The zero-order valence-corrected chi connectivity index (χ0v) is 10.4. The second-order valence-electron chi connectivity index (χ2n) is 4.20. The summed E-state index contributed by atoms with van der Waals surface area (Å²) < 4.78 is 18.2. The minimum Gasteiger partial charge on any atom is -0.489 e. The number of carbonyl (C=O) groups is 1. The third kappa shape index (κ3) is 3.31. The first kappa shape index (κ1) is 13.1. The maximum Gasteiger partial charge on any atom is 0.335 e. The Balaban J connectivity index is 2.09. The lowest BCUT2D eigenvalue weighted by molar-refractivity contribution is 0.0696. The van der Waals surface area contributed by atoms with Crippen LogP contribution in [0.2, 0.25) is 0 Å². The van der Waals surface area contributed by atoms with Gasteiger partial charge in [0.05, 0.1) is 5.56 Å². The third-order valence-corrected chi connectivity index (χ3v) is 2.75. The second kappa shape index (κ2) is 5.52. The Hall–Kier alpha value is -2.36. The summed E-state index contributed by atoms with van der Waals surface area (Å²) in [4.78, 5) is 11.0. The average Bonchev–Trinajstić information content (AvgIpc) is 2.39. The predicted octanol–water partition coefficient (Wildman–Crippen LogP) is 3.41. The Morgan fingerprint density at radius 3 is 2.53 bits per heavy atom. The third-order valence-electron chi connectivity index (χ3n) is 2.75. The summed E-state index contributed by atoms with van der Waals surface area (Å²) in [6, 6.07) is 10.8. The van der Waals surface area contributed by atoms with Gasteiger partial charge in [0.15, 0.2) is 0 Å². The van der Waals surface area contributed by atoms with E-state index in [1.807, 2.05) is 6.07 Å². The Morgan fingerprint density at radius 1 is 1.21 bits per heavy atom. The van der Waals surface area contributed by atoms with Crippen LogP contribution in [0.25, 0.3) is 0 Å². The van der Waals surface area contributed by atoms with Gasteiger partial charge >= 0.3 is 5.97 Å². The molecule has 0 saturated heterocycles. The summed E-state index contributed by atoms with van der Waals surface area (Å²) in [5, 5.41) is 9.02. The highest BCUT2D eigenvalue weighted by molar-refractivity contribution is 5.89. The van der Waals surface area contributed by atoms with Gasteiger partial charge in [0.1, 0.15) is 18.2 Å². The van der Waals surface area contributed by atoms with Crippen LogP contribution < -0.4 is 4.74 Å². The molecule has 0 unspecified atom stereocenters. The fraction of sp³-hybridized carbons (Fsp3) is 0.133. The maximum absolute atomic E-state index is 12.7. The SMILES string of the molecule is Cc1ccc(COc2ccc(F)cc2)cc1C(=O)O. The molecule has 0 amide bonds. The minimum absolute atomic E-state index is 0.242. The molecule has 98 valence electrons. The van der Waals surface area contributed by atoms with Crippen molar-refractivity contribution in [2.75, 3.05) is 0 Å². The molecule has 4 heteroatoms. The highest BCUT2D eigenvalue weighted by atomic mass is 19.1.